The molecule has 3 rings (SSSR count). The summed E-state index contributed by atoms with van der Waals surface area (Å²) < 4.78 is 0. The average molecular weight is 312 g/mol. The van der Waals surface area contributed by atoms with Crippen LogP contribution in [-0.2, 0) is 9.59 Å². The van der Waals surface area contributed by atoms with Gasteiger partial charge in [-0.25, -0.2) is 4.98 Å². The van der Waals surface area contributed by atoms with Crippen LogP contribution >= 0.6 is 0 Å². The Morgan fingerprint density at radius 3 is 2.43 bits per heavy atom. The van der Waals surface area contributed by atoms with Crippen molar-refractivity contribution in [2.45, 2.75) is 19.4 Å². The predicted molar refractivity (Wildman–Crippen MR) is 89.8 cm³/mol. The molecule has 2 amide bonds. The fourth-order valence-electron chi connectivity index (χ4n) is 2.08. The highest BCUT2D eigenvalue weighted by molar-refractivity contribution is 6.04. The number of carbonyl (C=O) groups excluding carboxylic acids is 2. The molecule has 6 nitrogen and oxygen atoms in total. The van der Waals surface area contributed by atoms with Gasteiger partial charge < -0.3 is 16.0 Å². The summed E-state index contributed by atoms with van der Waals surface area (Å²) in [6.45, 7) is 1.98. The lowest BCUT2D eigenvalue weighted by atomic mass is 10.1. The van der Waals surface area contributed by atoms with Crippen LogP contribution in [-0.4, -0.2) is 29.9 Å². The number of hydrogen-bond donors (Lipinski definition) is 2. The Kier molecular flexibility index (Phi) is 5.30. The summed E-state index contributed by atoms with van der Waals surface area (Å²) in [7, 11) is 1.71. The summed E-state index contributed by atoms with van der Waals surface area (Å²) in [4.78, 5) is 27.9. The van der Waals surface area contributed by atoms with E-state index < -0.39 is 0 Å². The molecule has 1 aromatic carbocycles. The predicted octanol–water partition coefficient (Wildman–Crippen LogP) is 1.51. The summed E-state index contributed by atoms with van der Waals surface area (Å²) in [6, 6.07) is 12.8. The van der Waals surface area contributed by atoms with Gasteiger partial charge in [0.1, 0.15) is 11.9 Å². The maximum absolute atomic E-state index is 11.8. The molecule has 0 aliphatic carbocycles. The number of β-lactam (4-membered cyclic amide) rings is 1. The second-order valence-electron chi connectivity index (χ2n) is 5.32. The monoisotopic (exact) mass is 312 g/mol. The van der Waals surface area contributed by atoms with Gasteiger partial charge in [-0.05, 0) is 36.8 Å². The lowest BCUT2D eigenvalue weighted by Gasteiger charge is -2.29. The SMILES string of the molecule is CN(C(=O)[C@@H]1CC(=O)N1)c1ccccc1.Cc1ccnc(N)c1. The number of nitrogens with one attached hydrogen (secondary N) is 1. The van der Waals surface area contributed by atoms with Crippen molar-refractivity contribution in [1.82, 2.24) is 10.3 Å². The molecule has 1 saturated heterocycles. The van der Waals surface area contributed by atoms with Gasteiger partial charge in [-0.1, -0.05) is 18.2 Å². The molecule has 1 aromatic heterocycles. The molecule has 0 bridgehead atoms. The van der Waals surface area contributed by atoms with Gasteiger partial charge in [-0.15, -0.1) is 0 Å². The number of carbonyl (C=O) groups is 2. The quantitative estimate of drug-likeness (QED) is 0.823. The molecule has 0 unspecified atom stereocenters. The first-order chi connectivity index (χ1) is 11.0. The average Bonchev–Trinajstić information content (AvgIpc) is 2.52. The van der Waals surface area contributed by atoms with Gasteiger partial charge in [0.25, 0.3) is 0 Å². The van der Waals surface area contributed by atoms with E-state index >= 15 is 0 Å². The molecule has 3 N–H and O–H groups in total. The standard InChI is InChI=1S/C11H12N2O2.C6H8N2/c1-13(8-5-3-2-4-6-8)11(15)9-7-10(14)12-9;1-5-2-3-8-6(7)4-5/h2-6,9H,7H2,1H3,(H,12,14);2-4H,1H3,(H2,7,8)/t9-;/m0./s1. The molecule has 1 aliphatic rings. The van der Waals surface area contributed by atoms with Gasteiger partial charge in [0.2, 0.25) is 11.8 Å². The summed E-state index contributed by atoms with van der Waals surface area (Å²) in [5, 5.41) is 2.56. The maximum Gasteiger partial charge on any atom is 0.249 e. The van der Waals surface area contributed by atoms with E-state index in [-0.39, 0.29) is 17.9 Å². The second-order valence-corrected chi connectivity index (χ2v) is 5.32. The van der Waals surface area contributed by atoms with Crippen LogP contribution in [0.4, 0.5) is 11.5 Å². The van der Waals surface area contributed by atoms with Crippen LogP contribution in [0.25, 0.3) is 0 Å². The number of benzene rings is 1. The van der Waals surface area contributed by atoms with Crippen LogP contribution in [0, 0.1) is 6.92 Å². The minimum absolute atomic E-state index is 0.0604. The zero-order valence-corrected chi connectivity index (χ0v) is 13.2. The molecule has 6 heteroatoms. The molecule has 0 spiro atoms. The minimum atomic E-state index is -0.345. The Labute approximate surface area is 135 Å². The molecular weight excluding hydrogens is 292 g/mol. The highest BCUT2D eigenvalue weighted by Crippen LogP contribution is 2.15. The molecule has 1 fully saturated rings. The van der Waals surface area contributed by atoms with E-state index in [1.807, 2.05) is 49.4 Å². The number of nitrogens with two attached hydrogens (primary N) is 1. The number of anilines is 2. The molecule has 1 aliphatic heterocycles. The number of nitrogens with zero attached hydrogens (tertiary/aromatic N) is 2. The number of rotatable bonds is 2. The van der Waals surface area contributed by atoms with E-state index in [2.05, 4.69) is 10.3 Å². The number of hydrogen-bond acceptors (Lipinski definition) is 4. The van der Waals surface area contributed by atoms with Crippen LogP contribution in [0.5, 0.6) is 0 Å². The van der Waals surface area contributed by atoms with Crippen LogP contribution < -0.4 is 16.0 Å². The van der Waals surface area contributed by atoms with Crippen molar-refractivity contribution in [2.24, 2.45) is 0 Å². The molecule has 2 heterocycles. The summed E-state index contributed by atoms with van der Waals surface area (Å²) in [6.07, 6.45) is 2.00. The Hall–Kier alpha value is -2.89. The second kappa shape index (κ2) is 7.40. The highest BCUT2D eigenvalue weighted by atomic mass is 16.2. The zero-order chi connectivity index (χ0) is 16.8. The number of aromatic nitrogens is 1. The van der Waals surface area contributed by atoms with Crippen LogP contribution in [0.15, 0.2) is 48.7 Å². The molecule has 120 valence electrons. The summed E-state index contributed by atoms with van der Waals surface area (Å²) >= 11 is 0. The van der Waals surface area contributed by atoms with Gasteiger partial charge in [-0.2, -0.15) is 0 Å². The molecular formula is C17H20N4O2. The van der Waals surface area contributed by atoms with Gasteiger partial charge in [0.15, 0.2) is 0 Å². The molecule has 0 saturated carbocycles. The van der Waals surface area contributed by atoms with Crippen molar-refractivity contribution in [3.05, 3.63) is 54.2 Å². The van der Waals surface area contributed by atoms with Crippen molar-refractivity contribution in [2.75, 3.05) is 17.7 Å². The van der Waals surface area contributed by atoms with Crippen LogP contribution in [0.2, 0.25) is 0 Å². The van der Waals surface area contributed by atoms with Crippen molar-refractivity contribution in [1.29, 1.82) is 0 Å². The van der Waals surface area contributed by atoms with Gasteiger partial charge in [0.05, 0.1) is 6.42 Å². The molecule has 2 aromatic rings. The number of nitrogen functional groups attached to an aromatic ring is 1. The van der Waals surface area contributed by atoms with Gasteiger partial charge in [0, 0.05) is 18.9 Å². The Balaban J connectivity index is 0.000000203. The van der Waals surface area contributed by atoms with Gasteiger partial charge >= 0.3 is 0 Å². The smallest absolute Gasteiger partial charge is 0.249 e. The van der Waals surface area contributed by atoms with Crippen molar-refractivity contribution < 1.29 is 9.59 Å². The largest absolute Gasteiger partial charge is 0.384 e. The molecule has 1 atom stereocenters. The van der Waals surface area contributed by atoms with E-state index in [9.17, 15) is 9.59 Å². The fraction of sp³-hybridized carbons (Fsp3) is 0.235. The lowest BCUT2D eigenvalue weighted by Crippen LogP contribution is -2.57. The molecule has 0 radical (unpaired) electrons. The van der Waals surface area contributed by atoms with Crippen molar-refractivity contribution in [3.8, 4) is 0 Å². The van der Waals surface area contributed by atoms with Gasteiger partial charge in [-0.3, -0.25) is 9.59 Å². The third-order valence-electron chi connectivity index (χ3n) is 3.43. The number of para-hydroxylation sites is 1. The first-order valence-corrected chi connectivity index (χ1v) is 7.27. The summed E-state index contributed by atoms with van der Waals surface area (Å²) in [5.41, 5.74) is 7.33. The number of pyridine rings is 1. The Bertz CT molecular complexity index is 663. The van der Waals surface area contributed by atoms with Crippen molar-refractivity contribution in [3.63, 3.8) is 0 Å². The van der Waals surface area contributed by atoms with E-state index in [1.165, 1.54) is 0 Å². The van der Waals surface area contributed by atoms with E-state index in [4.69, 9.17) is 5.73 Å². The Morgan fingerprint density at radius 1 is 1.30 bits per heavy atom. The highest BCUT2D eigenvalue weighted by Gasteiger charge is 2.33. The minimum Gasteiger partial charge on any atom is -0.384 e. The first kappa shape index (κ1) is 16.5. The third-order valence-corrected chi connectivity index (χ3v) is 3.43. The van der Waals surface area contributed by atoms with Crippen molar-refractivity contribution >= 4 is 23.3 Å². The van der Waals surface area contributed by atoms with Crippen LogP contribution in [0.3, 0.4) is 0 Å². The maximum atomic E-state index is 11.8. The zero-order valence-electron chi connectivity index (χ0n) is 13.2. The topological polar surface area (TPSA) is 88.3 Å². The number of aryl methyl sites for hydroxylation is 1. The number of likely N-dealkylation sites (N-methyl/N-ethyl adjacent to an activating group) is 1. The normalized spacial score (nSPS) is 15.6. The summed E-state index contributed by atoms with van der Waals surface area (Å²) in [5.74, 6) is 0.459. The Morgan fingerprint density at radius 2 is 1.96 bits per heavy atom. The fourth-order valence-corrected chi connectivity index (χ4v) is 2.08. The van der Waals surface area contributed by atoms with E-state index in [0.29, 0.717) is 12.2 Å². The van der Waals surface area contributed by atoms with E-state index in [0.717, 1.165) is 11.3 Å². The van der Waals surface area contributed by atoms with E-state index in [1.54, 1.807) is 18.1 Å². The first-order valence-electron chi connectivity index (χ1n) is 7.27. The lowest BCUT2D eigenvalue weighted by molar-refractivity contribution is -0.135. The molecule has 23 heavy (non-hydrogen) atoms. The van der Waals surface area contributed by atoms with Crippen LogP contribution in [0.1, 0.15) is 12.0 Å². The third kappa shape index (κ3) is 4.54. The number of amides is 2.